The van der Waals surface area contributed by atoms with E-state index in [1.165, 1.54) is 6.08 Å². The molecule has 0 saturated carbocycles. The van der Waals surface area contributed by atoms with Gasteiger partial charge in [-0.05, 0) is 30.5 Å². The minimum Gasteiger partial charge on any atom is -0.381 e. The molecule has 0 bridgehead atoms. The van der Waals surface area contributed by atoms with E-state index in [1.54, 1.807) is 12.3 Å². The summed E-state index contributed by atoms with van der Waals surface area (Å²) in [5, 5.41) is 2.82. The van der Waals surface area contributed by atoms with E-state index in [0.29, 0.717) is 24.8 Å². The highest BCUT2D eigenvalue weighted by Gasteiger charge is 1.99. The third kappa shape index (κ3) is 6.16. The predicted molar refractivity (Wildman–Crippen MR) is 91.9 cm³/mol. The van der Waals surface area contributed by atoms with Crippen LogP contribution in [-0.4, -0.2) is 35.6 Å². The summed E-state index contributed by atoms with van der Waals surface area (Å²) in [6, 6.07) is 7.64. The molecule has 0 aliphatic heterocycles. The zero-order valence-electron chi connectivity index (χ0n) is 13.7. The number of ether oxygens (including phenoxy) is 1. The number of para-hydroxylation sites is 2. The summed E-state index contributed by atoms with van der Waals surface area (Å²) in [5.41, 5.74) is 2.33. The average Bonchev–Trinajstić information content (AvgIpc) is 2.55. The first kappa shape index (κ1) is 17.1. The van der Waals surface area contributed by atoms with Crippen molar-refractivity contribution in [3.8, 4) is 0 Å². The standard InChI is InChI=1S/C18H23N3O2/c1-14(2)13-23-11-5-10-19-18(22)9-8-15-12-20-16-6-3-4-7-17(16)21-15/h3-4,6-9,12,14H,5,10-11,13H2,1-2H3,(H,19,22)/b9-8+. The number of nitrogens with one attached hydrogen (secondary N) is 1. The van der Waals surface area contributed by atoms with Gasteiger partial charge in [0.15, 0.2) is 0 Å². The van der Waals surface area contributed by atoms with Crippen LogP contribution in [0, 0.1) is 5.92 Å². The summed E-state index contributed by atoms with van der Waals surface area (Å²) in [7, 11) is 0. The summed E-state index contributed by atoms with van der Waals surface area (Å²) in [4.78, 5) is 20.5. The van der Waals surface area contributed by atoms with Crippen molar-refractivity contribution in [1.82, 2.24) is 15.3 Å². The average molecular weight is 313 g/mol. The molecule has 2 rings (SSSR count). The quantitative estimate of drug-likeness (QED) is 0.601. The van der Waals surface area contributed by atoms with Crippen LogP contribution in [0.5, 0.6) is 0 Å². The Balaban J connectivity index is 1.74. The van der Waals surface area contributed by atoms with Crippen molar-refractivity contribution in [3.05, 3.63) is 42.2 Å². The van der Waals surface area contributed by atoms with E-state index in [-0.39, 0.29) is 5.91 Å². The van der Waals surface area contributed by atoms with Gasteiger partial charge in [0.2, 0.25) is 5.91 Å². The molecule has 1 amide bonds. The minimum atomic E-state index is -0.135. The smallest absolute Gasteiger partial charge is 0.244 e. The van der Waals surface area contributed by atoms with Crippen molar-refractivity contribution in [1.29, 1.82) is 0 Å². The van der Waals surface area contributed by atoms with E-state index in [2.05, 4.69) is 29.1 Å². The largest absolute Gasteiger partial charge is 0.381 e. The second-order valence-corrected chi connectivity index (χ2v) is 5.73. The fourth-order valence-electron chi connectivity index (χ4n) is 1.98. The summed E-state index contributed by atoms with van der Waals surface area (Å²) in [6.07, 6.45) is 5.62. The first-order valence-corrected chi connectivity index (χ1v) is 7.90. The molecule has 0 aliphatic rings. The predicted octanol–water partition coefficient (Wildman–Crippen LogP) is 2.82. The molecule has 1 aromatic heterocycles. The first-order valence-electron chi connectivity index (χ1n) is 7.90. The maximum absolute atomic E-state index is 11.7. The maximum atomic E-state index is 11.7. The number of rotatable bonds is 8. The van der Waals surface area contributed by atoms with Gasteiger partial charge in [0, 0.05) is 25.8 Å². The van der Waals surface area contributed by atoms with Crippen molar-refractivity contribution in [3.63, 3.8) is 0 Å². The highest BCUT2D eigenvalue weighted by molar-refractivity contribution is 5.91. The van der Waals surface area contributed by atoms with Crippen molar-refractivity contribution in [2.75, 3.05) is 19.8 Å². The van der Waals surface area contributed by atoms with Crippen LogP contribution in [-0.2, 0) is 9.53 Å². The first-order chi connectivity index (χ1) is 11.1. The van der Waals surface area contributed by atoms with Crippen LogP contribution in [0.3, 0.4) is 0 Å². The second-order valence-electron chi connectivity index (χ2n) is 5.73. The highest BCUT2D eigenvalue weighted by Crippen LogP contribution is 2.09. The number of hydrogen-bond acceptors (Lipinski definition) is 4. The molecule has 0 spiro atoms. The molecule has 0 aliphatic carbocycles. The van der Waals surface area contributed by atoms with Gasteiger partial charge >= 0.3 is 0 Å². The number of fused-ring (bicyclic) bond motifs is 1. The number of nitrogens with zero attached hydrogens (tertiary/aromatic N) is 2. The Bertz CT molecular complexity index is 668. The lowest BCUT2D eigenvalue weighted by atomic mass is 10.2. The van der Waals surface area contributed by atoms with Crippen LogP contribution in [0.2, 0.25) is 0 Å². The van der Waals surface area contributed by atoms with Crippen LogP contribution >= 0.6 is 0 Å². The molecule has 1 aromatic carbocycles. The Morgan fingerprint density at radius 1 is 1.30 bits per heavy atom. The molecule has 0 fully saturated rings. The molecule has 0 atom stereocenters. The van der Waals surface area contributed by atoms with E-state index in [9.17, 15) is 4.79 Å². The van der Waals surface area contributed by atoms with E-state index >= 15 is 0 Å². The zero-order valence-corrected chi connectivity index (χ0v) is 13.7. The third-order valence-corrected chi connectivity index (χ3v) is 3.09. The lowest BCUT2D eigenvalue weighted by molar-refractivity contribution is -0.116. The number of carbonyl (C=O) groups is 1. The lowest BCUT2D eigenvalue weighted by Gasteiger charge is -2.06. The molecular formula is C18H23N3O2. The number of carbonyl (C=O) groups excluding carboxylic acids is 1. The minimum absolute atomic E-state index is 0.135. The fraction of sp³-hybridized carbons (Fsp3) is 0.389. The van der Waals surface area contributed by atoms with E-state index in [4.69, 9.17) is 4.74 Å². The van der Waals surface area contributed by atoms with E-state index < -0.39 is 0 Å². The van der Waals surface area contributed by atoms with Crippen LogP contribution in [0.1, 0.15) is 26.0 Å². The van der Waals surface area contributed by atoms with E-state index in [1.807, 2.05) is 24.3 Å². The maximum Gasteiger partial charge on any atom is 0.244 e. The Hall–Kier alpha value is -2.27. The Morgan fingerprint density at radius 2 is 2.09 bits per heavy atom. The van der Waals surface area contributed by atoms with Crippen LogP contribution in [0.25, 0.3) is 17.1 Å². The van der Waals surface area contributed by atoms with Crippen molar-refractivity contribution < 1.29 is 9.53 Å². The van der Waals surface area contributed by atoms with Gasteiger partial charge in [-0.3, -0.25) is 9.78 Å². The lowest BCUT2D eigenvalue weighted by Crippen LogP contribution is -2.23. The molecular weight excluding hydrogens is 290 g/mol. The molecule has 0 radical (unpaired) electrons. The van der Waals surface area contributed by atoms with E-state index in [0.717, 1.165) is 24.1 Å². The molecule has 1 heterocycles. The molecule has 0 saturated heterocycles. The zero-order chi connectivity index (χ0) is 16.5. The molecule has 5 heteroatoms. The summed E-state index contributed by atoms with van der Waals surface area (Å²) in [5.74, 6) is 0.402. The SMILES string of the molecule is CC(C)COCCCNC(=O)/C=C/c1cnc2ccccc2n1. The topological polar surface area (TPSA) is 64.1 Å². The fourth-order valence-corrected chi connectivity index (χ4v) is 1.98. The molecule has 0 unspecified atom stereocenters. The number of aromatic nitrogens is 2. The Morgan fingerprint density at radius 3 is 2.87 bits per heavy atom. The number of hydrogen-bond donors (Lipinski definition) is 1. The molecule has 23 heavy (non-hydrogen) atoms. The van der Waals surface area contributed by atoms with Gasteiger partial charge in [-0.2, -0.15) is 0 Å². The highest BCUT2D eigenvalue weighted by atomic mass is 16.5. The monoisotopic (exact) mass is 313 g/mol. The van der Waals surface area contributed by atoms with Crippen LogP contribution in [0.15, 0.2) is 36.5 Å². The van der Waals surface area contributed by atoms with Gasteiger partial charge in [-0.15, -0.1) is 0 Å². The third-order valence-electron chi connectivity index (χ3n) is 3.09. The summed E-state index contributed by atoms with van der Waals surface area (Å²) >= 11 is 0. The molecule has 122 valence electrons. The molecule has 2 aromatic rings. The van der Waals surface area contributed by atoms with Gasteiger partial charge in [-0.1, -0.05) is 26.0 Å². The van der Waals surface area contributed by atoms with Crippen molar-refractivity contribution in [2.45, 2.75) is 20.3 Å². The van der Waals surface area contributed by atoms with Crippen LogP contribution in [0.4, 0.5) is 0 Å². The van der Waals surface area contributed by atoms with Crippen molar-refractivity contribution >= 4 is 23.0 Å². The van der Waals surface area contributed by atoms with Gasteiger partial charge < -0.3 is 10.1 Å². The Kier molecular flexibility index (Phi) is 6.69. The second kappa shape index (κ2) is 9.00. The van der Waals surface area contributed by atoms with Gasteiger partial charge in [0.25, 0.3) is 0 Å². The molecule has 1 N–H and O–H groups in total. The number of benzene rings is 1. The Labute approximate surface area is 136 Å². The van der Waals surface area contributed by atoms with Crippen LogP contribution < -0.4 is 5.32 Å². The number of amides is 1. The normalized spacial score (nSPS) is 11.4. The van der Waals surface area contributed by atoms with Gasteiger partial charge in [0.05, 0.1) is 22.9 Å². The van der Waals surface area contributed by atoms with Gasteiger partial charge in [-0.25, -0.2) is 4.98 Å². The van der Waals surface area contributed by atoms with Crippen molar-refractivity contribution in [2.24, 2.45) is 5.92 Å². The van der Waals surface area contributed by atoms with Gasteiger partial charge in [0.1, 0.15) is 0 Å². The molecule has 5 nitrogen and oxygen atoms in total. The summed E-state index contributed by atoms with van der Waals surface area (Å²) < 4.78 is 5.46. The summed E-state index contributed by atoms with van der Waals surface area (Å²) in [6.45, 7) is 6.25.